The van der Waals surface area contributed by atoms with Crippen LogP contribution >= 0.6 is 0 Å². The number of fused-ring (bicyclic) bond motifs is 1. The van der Waals surface area contributed by atoms with Gasteiger partial charge >= 0.3 is 0 Å². The Bertz CT molecular complexity index is 543. The second kappa shape index (κ2) is 5.81. The van der Waals surface area contributed by atoms with Gasteiger partial charge in [-0.3, -0.25) is 9.69 Å². The van der Waals surface area contributed by atoms with Gasteiger partial charge in [0.25, 0.3) is 0 Å². The Morgan fingerprint density at radius 2 is 2.00 bits per heavy atom. The molecule has 1 aliphatic carbocycles. The predicted molar refractivity (Wildman–Crippen MR) is 79.3 cm³/mol. The Labute approximate surface area is 124 Å². The van der Waals surface area contributed by atoms with Crippen molar-refractivity contribution in [3.63, 3.8) is 0 Å². The number of nitrogens with two attached hydrogens (primary N) is 1. The van der Waals surface area contributed by atoms with E-state index in [0.29, 0.717) is 43.8 Å². The number of benzene rings is 1. The maximum atomic E-state index is 11.8. The topological polar surface area (TPSA) is 76.8 Å². The van der Waals surface area contributed by atoms with Crippen LogP contribution in [0.25, 0.3) is 0 Å². The molecular formula is C15H21N3O3. The summed E-state index contributed by atoms with van der Waals surface area (Å²) >= 11 is 0. The van der Waals surface area contributed by atoms with Gasteiger partial charge in [0, 0.05) is 24.3 Å². The molecule has 0 radical (unpaired) electrons. The number of carbonyl (C=O) groups excluding carboxylic acids is 1. The van der Waals surface area contributed by atoms with Crippen LogP contribution in [0.1, 0.15) is 18.4 Å². The minimum absolute atomic E-state index is 0.0658. The highest BCUT2D eigenvalue weighted by Gasteiger charge is 2.23. The smallest absolute Gasteiger partial charge is 0.234 e. The van der Waals surface area contributed by atoms with Gasteiger partial charge in [0.2, 0.25) is 5.91 Å². The number of carbonyl (C=O) groups is 1. The molecule has 1 aromatic carbocycles. The first-order valence-electron chi connectivity index (χ1n) is 7.28. The molecule has 114 valence electrons. The molecule has 1 heterocycles. The average molecular weight is 291 g/mol. The summed E-state index contributed by atoms with van der Waals surface area (Å²) in [6, 6.07) is 4.09. The molecule has 0 atom stereocenters. The Morgan fingerprint density at radius 3 is 2.67 bits per heavy atom. The van der Waals surface area contributed by atoms with Gasteiger partial charge in [-0.15, -0.1) is 0 Å². The third-order valence-electron chi connectivity index (χ3n) is 3.60. The molecule has 1 saturated carbocycles. The van der Waals surface area contributed by atoms with Crippen LogP contribution in [0.15, 0.2) is 12.1 Å². The minimum Gasteiger partial charge on any atom is -0.486 e. The van der Waals surface area contributed by atoms with Gasteiger partial charge in [0.1, 0.15) is 13.2 Å². The highest BCUT2D eigenvalue weighted by molar-refractivity contribution is 5.78. The number of nitrogens with one attached hydrogen (secondary N) is 1. The molecule has 3 N–H and O–H groups in total. The number of nitrogens with zero attached hydrogens (tertiary/aromatic N) is 1. The molecule has 21 heavy (non-hydrogen) atoms. The number of nitrogen functional groups attached to an aromatic ring is 1. The lowest BCUT2D eigenvalue weighted by Gasteiger charge is -2.22. The van der Waals surface area contributed by atoms with E-state index < -0.39 is 0 Å². The molecule has 6 heteroatoms. The van der Waals surface area contributed by atoms with Crippen molar-refractivity contribution in [2.45, 2.75) is 25.4 Å². The number of hydrogen-bond donors (Lipinski definition) is 2. The number of hydrogen-bond acceptors (Lipinski definition) is 5. The zero-order chi connectivity index (χ0) is 14.8. The largest absolute Gasteiger partial charge is 0.486 e. The maximum absolute atomic E-state index is 11.8. The van der Waals surface area contributed by atoms with E-state index in [4.69, 9.17) is 15.2 Å². The first kappa shape index (κ1) is 14.0. The summed E-state index contributed by atoms with van der Waals surface area (Å²) in [7, 11) is 1.91. The molecule has 6 nitrogen and oxygen atoms in total. The van der Waals surface area contributed by atoms with Gasteiger partial charge in [0.15, 0.2) is 11.5 Å². The molecule has 2 aliphatic rings. The van der Waals surface area contributed by atoms with Gasteiger partial charge in [-0.1, -0.05) is 0 Å². The third-order valence-corrected chi connectivity index (χ3v) is 3.60. The fourth-order valence-electron chi connectivity index (χ4n) is 2.38. The van der Waals surface area contributed by atoms with Crippen LogP contribution in [0.5, 0.6) is 11.5 Å². The third kappa shape index (κ3) is 3.58. The second-order valence-corrected chi connectivity index (χ2v) is 5.71. The molecular weight excluding hydrogens is 270 g/mol. The van der Waals surface area contributed by atoms with E-state index in [-0.39, 0.29) is 5.91 Å². The molecule has 0 aromatic heterocycles. The molecule has 1 amide bonds. The summed E-state index contributed by atoms with van der Waals surface area (Å²) in [5.74, 6) is 1.48. The van der Waals surface area contributed by atoms with Crippen molar-refractivity contribution in [3.05, 3.63) is 17.7 Å². The molecule has 0 bridgehead atoms. The zero-order valence-corrected chi connectivity index (χ0v) is 12.2. The summed E-state index contributed by atoms with van der Waals surface area (Å²) in [4.78, 5) is 13.7. The van der Waals surface area contributed by atoms with Gasteiger partial charge < -0.3 is 20.5 Å². The lowest BCUT2D eigenvalue weighted by Crippen LogP contribution is -2.36. The van der Waals surface area contributed by atoms with E-state index in [1.807, 2.05) is 18.0 Å². The number of ether oxygens (including phenoxy) is 2. The highest BCUT2D eigenvalue weighted by Crippen LogP contribution is 2.34. The lowest BCUT2D eigenvalue weighted by atomic mass is 10.1. The summed E-state index contributed by atoms with van der Waals surface area (Å²) in [5.41, 5.74) is 7.66. The van der Waals surface area contributed by atoms with Gasteiger partial charge in [-0.25, -0.2) is 0 Å². The van der Waals surface area contributed by atoms with E-state index >= 15 is 0 Å². The van der Waals surface area contributed by atoms with Gasteiger partial charge in [-0.05, 0) is 31.5 Å². The summed E-state index contributed by atoms with van der Waals surface area (Å²) in [6.07, 6.45) is 2.20. The van der Waals surface area contributed by atoms with Gasteiger partial charge in [0.05, 0.1) is 6.54 Å². The van der Waals surface area contributed by atoms with Crippen LogP contribution in [0.2, 0.25) is 0 Å². The van der Waals surface area contributed by atoms with Crippen molar-refractivity contribution in [1.29, 1.82) is 0 Å². The van der Waals surface area contributed by atoms with E-state index in [1.54, 1.807) is 6.07 Å². The summed E-state index contributed by atoms with van der Waals surface area (Å²) in [5, 5.41) is 2.98. The molecule has 0 spiro atoms. The van der Waals surface area contributed by atoms with Crippen molar-refractivity contribution in [1.82, 2.24) is 10.2 Å². The van der Waals surface area contributed by atoms with Crippen LogP contribution in [0.3, 0.4) is 0 Å². The molecule has 1 aliphatic heterocycles. The first-order valence-corrected chi connectivity index (χ1v) is 7.28. The standard InChI is InChI=1S/C15H21N3O3/c1-18(9-15(19)17-11-2-3-11)8-10-6-13-14(7-12(10)16)21-5-4-20-13/h6-7,11H,2-5,8-9,16H2,1H3,(H,17,19). The van der Waals surface area contributed by atoms with E-state index in [9.17, 15) is 4.79 Å². The molecule has 3 rings (SSSR count). The van der Waals surface area contributed by atoms with Crippen LogP contribution in [0, 0.1) is 0 Å². The lowest BCUT2D eigenvalue weighted by molar-refractivity contribution is -0.122. The van der Waals surface area contributed by atoms with Crippen LogP contribution in [-0.4, -0.2) is 43.7 Å². The number of anilines is 1. The van der Waals surface area contributed by atoms with Crippen molar-refractivity contribution in [2.75, 3.05) is 32.5 Å². The zero-order valence-electron chi connectivity index (χ0n) is 12.2. The Hall–Kier alpha value is -1.95. The van der Waals surface area contributed by atoms with E-state index in [2.05, 4.69) is 5.32 Å². The Morgan fingerprint density at radius 1 is 1.33 bits per heavy atom. The summed E-state index contributed by atoms with van der Waals surface area (Å²) in [6.45, 7) is 2.06. The van der Waals surface area contributed by atoms with Gasteiger partial charge in [-0.2, -0.15) is 0 Å². The highest BCUT2D eigenvalue weighted by atomic mass is 16.6. The number of amides is 1. The predicted octanol–water partition coefficient (Wildman–Crippen LogP) is 0.750. The normalized spacial score (nSPS) is 16.9. The second-order valence-electron chi connectivity index (χ2n) is 5.71. The van der Waals surface area contributed by atoms with E-state index in [0.717, 1.165) is 24.2 Å². The van der Waals surface area contributed by atoms with Crippen molar-refractivity contribution in [2.24, 2.45) is 0 Å². The van der Waals surface area contributed by atoms with Crippen molar-refractivity contribution in [3.8, 4) is 11.5 Å². The van der Waals surface area contributed by atoms with Crippen LogP contribution < -0.4 is 20.5 Å². The van der Waals surface area contributed by atoms with Crippen LogP contribution in [0.4, 0.5) is 5.69 Å². The first-order chi connectivity index (χ1) is 10.1. The number of rotatable bonds is 5. The molecule has 1 fully saturated rings. The molecule has 0 saturated heterocycles. The van der Waals surface area contributed by atoms with Crippen molar-refractivity contribution >= 4 is 11.6 Å². The fraction of sp³-hybridized carbons (Fsp3) is 0.533. The van der Waals surface area contributed by atoms with Crippen LogP contribution in [-0.2, 0) is 11.3 Å². The maximum Gasteiger partial charge on any atom is 0.234 e. The number of likely N-dealkylation sites (N-methyl/N-ethyl adjacent to an activating group) is 1. The quantitative estimate of drug-likeness (QED) is 0.783. The Kier molecular flexibility index (Phi) is 3.88. The fourth-order valence-corrected chi connectivity index (χ4v) is 2.38. The molecule has 0 unspecified atom stereocenters. The minimum atomic E-state index is 0.0658. The van der Waals surface area contributed by atoms with Crippen molar-refractivity contribution < 1.29 is 14.3 Å². The molecule has 1 aromatic rings. The average Bonchev–Trinajstić information content (AvgIpc) is 3.23. The Balaban J connectivity index is 1.61. The van der Waals surface area contributed by atoms with E-state index in [1.165, 1.54) is 0 Å². The monoisotopic (exact) mass is 291 g/mol. The summed E-state index contributed by atoms with van der Waals surface area (Å²) < 4.78 is 11.1. The SMILES string of the molecule is CN(CC(=O)NC1CC1)Cc1cc2c(cc1N)OCCO2.